The molecule has 30 heavy (non-hydrogen) atoms. The lowest BCUT2D eigenvalue weighted by Crippen LogP contribution is -2.54. The minimum absolute atomic E-state index is 0.149. The summed E-state index contributed by atoms with van der Waals surface area (Å²) in [6.07, 6.45) is -4.34. The highest BCUT2D eigenvalue weighted by atomic mass is 19.3. The van der Waals surface area contributed by atoms with Crippen LogP contribution >= 0.6 is 0 Å². The quantitative estimate of drug-likeness (QED) is 0.706. The number of anilines is 1. The summed E-state index contributed by atoms with van der Waals surface area (Å²) in [5.74, 6) is -7.02. The lowest BCUT2D eigenvalue weighted by Gasteiger charge is -2.40. The summed E-state index contributed by atoms with van der Waals surface area (Å²) in [5.41, 5.74) is 0.225. The van der Waals surface area contributed by atoms with E-state index in [1.807, 2.05) is 0 Å². The maximum absolute atomic E-state index is 14.7. The largest absolute Gasteiger partial charge is 0.495 e. The molecule has 2 aromatic rings. The summed E-state index contributed by atoms with van der Waals surface area (Å²) < 4.78 is 97.4. The van der Waals surface area contributed by atoms with E-state index < -0.39 is 60.9 Å². The summed E-state index contributed by atoms with van der Waals surface area (Å²) in [5, 5.41) is 2.24. The molecule has 0 bridgehead atoms. The number of hydrogen-bond donors (Lipinski definition) is 2. The van der Waals surface area contributed by atoms with Crippen LogP contribution in [-0.4, -0.2) is 36.1 Å². The maximum atomic E-state index is 14.7. The second-order valence-electron chi connectivity index (χ2n) is 6.50. The molecule has 1 aromatic carbocycles. The monoisotopic (exact) mass is 431 g/mol. The summed E-state index contributed by atoms with van der Waals surface area (Å²) in [6, 6.07) is 4.53. The molecule has 0 saturated heterocycles. The molecule has 3 rings (SSSR count). The van der Waals surface area contributed by atoms with Crippen molar-refractivity contribution in [1.29, 1.82) is 0 Å². The van der Waals surface area contributed by atoms with Gasteiger partial charge in [0.25, 0.3) is 18.3 Å². The number of carbonyl (C=O) groups excluding carboxylic acids is 1. The van der Waals surface area contributed by atoms with Gasteiger partial charge in [-0.05, 0) is 30.3 Å². The molecule has 2 heterocycles. The number of amidine groups is 1. The van der Waals surface area contributed by atoms with Crippen LogP contribution in [-0.2, 0) is 5.54 Å². The van der Waals surface area contributed by atoms with Gasteiger partial charge in [0.15, 0.2) is 0 Å². The third-order valence-electron chi connectivity index (χ3n) is 4.61. The Morgan fingerprint density at radius 3 is 2.73 bits per heavy atom. The van der Waals surface area contributed by atoms with Crippen LogP contribution < -0.4 is 15.8 Å². The molecule has 160 valence electrons. The van der Waals surface area contributed by atoms with Crippen molar-refractivity contribution in [3.05, 3.63) is 53.6 Å². The molecule has 0 saturated carbocycles. The Labute approximate surface area is 172 Å². The molecule has 0 aliphatic carbocycles. The van der Waals surface area contributed by atoms with Crippen molar-refractivity contribution >= 4 is 17.4 Å². The summed E-state index contributed by atoms with van der Waals surface area (Å²) >= 11 is 0. The first kappa shape index (κ1) is 17.6. The van der Waals surface area contributed by atoms with Crippen molar-refractivity contribution in [2.45, 2.75) is 30.7 Å². The second-order valence-corrected chi connectivity index (χ2v) is 6.50. The lowest BCUT2D eigenvalue weighted by atomic mass is 9.79. The van der Waals surface area contributed by atoms with Crippen molar-refractivity contribution in [3.63, 3.8) is 0 Å². The van der Waals surface area contributed by atoms with Crippen LogP contribution in [0.4, 0.5) is 27.6 Å². The number of ether oxygens (including phenoxy) is 1. The molecular weight excluding hydrogens is 411 g/mol. The Kier molecular flexibility index (Phi) is 4.63. The molecule has 0 unspecified atom stereocenters. The molecule has 1 aromatic heterocycles. The number of nitrogens with zero attached hydrogens (tertiary/aromatic N) is 2. The molecular formula is C19H17F5N4O2. The van der Waals surface area contributed by atoms with Crippen LogP contribution in [0, 0.1) is 5.82 Å². The van der Waals surface area contributed by atoms with Gasteiger partial charge in [0, 0.05) is 24.1 Å². The van der Waals surface area contributed by atoms with Gasteiger partial charge in [-0.25, -0.2) is 31.9 Å². The Morgan fingerprint density at radius 2 is 2.10 bits per heavy atom. The van der Waals surface area contributed by atoms with E-state index in [2.05, 4.69) is 20.0 Å². The molecule has 11 heteroatoms. The van der Waals surface area contributed by atoms with Crippen LogP contribution in [0.5, 0.6) is 5.75 Å². The number of carbonyl (C=O) groups is 1. The van der Waals surface area contributed by atoms with Crippen LogP contribution in [0.1, 0.15) is 33.0 Å². The highest BCUT2D eigenvalue weighted by molar-refractivity contribution is 6.02. The van der Waals surface area contributed by atoms with Gasteiger partial charge in [0.2, 0.25) is 5.54 Å². The number of amides is 1. The molecule has 0 radical (unpaired) electrons. The average molecular weight is 431 g/mol. The zero-order valence-electron chi connectivity index (χ0n) is 18.1. The number of halogens is 5. The Hall–Kier alpha value is -3.24. The molecule has 6 nitrogen and oxygen atoms in total. The number of alkyl halides is 4. The minimum Gasteiger partial charge on any atom is -0.495 e. The Morgan fingerprint density at radius 1 is 1.33 bits per heavy atom. The van der Waals surface area contributed by atoms with E-state index in [9.17, 15) is 26.7 Å². The first-order chi connectivity index (χ1) is 15.2. The molecule has 3 N–H and O–H groups in total. The van der Waals surface area contributed by atoms with Crippen LogP contribution in [0.25, 0.3) is 0 Å². The van der Waals surface area contributed by atoms with E-state index in [0.29, 0.717) is 12.1 Å². The first-order valence-corrected chi connectivity index (χ1v) is 8.52. The molecule has 1 atom stereocenters. The fraction of sp³-hybridized carbons (Fsp3) is 0.316. The van der Waals surface area contributed by atoms with Crippen LogP contribution in [0.2, 0.25) is 0 Å². The second kappa shape index (κ2) is 7.88. The molecule has 0 fully saturated rings. The first-order valence-electron chi connectivity index (χ1n) is 10.0. The van der Waals surface area contributed by atoms with Gasteiger partial charge in [0.1, 0.15) is 17.3 Å². The predicted molar refractivity (Wildman–Crippen MR) is 98.6 cm³/mol. The Balaban J connectivity index is 1.93. The number of methoxy groups -OCH3 is 1. The highest BCUT2D eigenvalue weighted by Gasteiger charge is 2.63. The zero-order valence-corrected chi connectivity index (χ0v) is 15.1. The number of aromatic nitrogens is 1. The topological polar surface area (TPSA) is 89.6 Å². The van der Waals surface area contributed by atoms with Crippen LogP contribution in [0.15, 0.2) is 41.5 Å². The maximum Gasteiger partial charge on any atom is 0.283 e. The van der Waals surface area contributed by atoms with Gasteiger partial charge in [-0.2, -0.15) is 0 Å². The van der Waals surface area contributed by atoms with Gasteiger partial charge in [-0.1, -0.05) is 0 Å². The van der Waals surface area contributed by atoms with E-state index >= 15 is 0 Å². The normalized spacial score (nSPS) is 22.5. The fourth-order valence-electron chi connectivity index (χ4n) is 3.09. The van der Waals surface area contributed by atoms with Gasteiger partial charge < -0.3 is 15.8 Å². The standard InChI is InChI=1S/C19H17F5N4O2/c1-30-11-3-5-14(26-9-11)16(29)27-10-2-4-13(20)12(8-10)19(17(21)22)18(23,24)7-6-15(25)28-19/h2-5,8-9,17H,6-7H2,1H3,(H2,25,28)(H,27,29)/t19-/m0/s1/i1D3. The lowest BCUT2D eigenvalue weighted by molar-refractivity contribution is -0.145. The smallest absolute Gasteiger partial charge is 0.283 e. The molecule has 1 aliphatic rings. The van der Waals surface area contributed by atoms with E-state index in [1.165, 1.54) is 0 Å². The fourth-order valence-corrected chi connectivity index (χ4v) is 3.09. The van der Waals surface area contributed by atoms with Gasteiger partial charge >= 0.3 is 0 Å². The number of rotatable bonds is 5. The van der Waals surface area contributed by atoms with E-state index in [0.717, 1.165) is 24.4 Å². The molecule has 1 amide bonds. The van der Waals surface area contributed by atoms with Crippen molar-refractivity contribution < 1.29 is 35.6 Å². The molecule has 1 aliphatic heterocycles. The number of hydrogen-bond acceptors (Lipinski definition) is 5. The number of nitrogens with two attached hydrogens (primary N) is 1. The van der Waals surface area contributed by atoms with E-state index in [4.69, 9.17) is 9.85 Å². The predicted octanol–water partition coefficient (Wildman–Crippen LogP) is 3.73. The summed E-state index contributed by atoms with van der Waals surface area (Å²) in [6.45, 7) is 0. The number of nitrogens with one attached hydrogen (secondary N) is 1. The Bertz CT molecular complexity index is 1080. The third-order valence-corrected chi connectivity index (χ3v) is 4.61. The number of pyridine rings is 1. The zero-order chi connectivity index (χ0) is 24.6. The van der Waals surface area contributed by atoms with Gasteiger partial charge in [-0.3, -0.25) is 4.79 Å². The van der Waals surface area contributed by atoms with Gasteiger partial charge in [0.05, 0.1) is 23.2 Å². The summed E-state index contributed by atoms with van der Waals surface area (Å²) in [7, 11) is -2.73. The van der Waals surface area contributed by atoms with Crippen molar-refractivity contribution in [2.24, 2.45) is 10.7 Å². The van der Waals surface area contributed by atoms with E-state index in [1.54, 1.807) is 0 Å². The number of aliphatic imine (C=N–C) groups is 1. The van der Waals surface area contributed by atoms with Gasteiger partial charge in [-0.15, -0.1) is 0 Å². The third kappa shape index (κ3) is 3.66. The van der Waals surface area contributed by atoms with Crippen LogP contribution in [0.3, 0.4) is 0 Å². The SMILES string of the molecule is [2H]C([2H])([2H])Oc1ccc(C(=O)Nc2ccc(F)c([C@@]3(C(F)F)N=C(N)CCC3(F)F)c2)nc1. The highest BCUT2D eigenvalue weighted by Crippen LogP contribution is 2.51. The number of benzene rings is 1. The van der Waals surface area contributed by atoms with Crippen molar-refractivity contribution in [3.8, 4) is 5.75 Å². The van der Waals surface area contributed by atoms with E-state index in [-0.39, 0.29) is 17.1 Å². The van der Waals surface area contributed by atoms with Crippen molar-refractivity contribution in [1.82, 2.24) is 4.98 Å². The minimum atomic E-state index is -4.12. The van der Waals surface area contributed by atoms with Crippen molar-refractivity contribution in [2.75, 3.05) is 12.4 Å². The average Bonchev–Trinajstić information content (AvgIpc) is 2.70. The molecule has 0 spiro atoms. The summed E-state index contributed by atoms with van der Waals surface area (Å²) in [4.78, 5) is 19.4.